The van der Waals surface area contributed by atoms with Gasteiger partial charge in [0.2, 0.25) is 0 Å². The van der Waals surface area contributed by atoms with Crippen molar-refractivity contribution in [2.24, 2.45) is 0 Å². The summed E-state index contributed by atoms with van der Waals surface area (Å²) < 4.78 is 23.9. The Balaban J connectivity index is 1.98. The van der Waals surface area contributed by atoms with E-state index in [4.69, 9.17) is 9.47 Å². The van der Waals surface area contributed by atoms with Gasteiger partial charge in [0.25, 0.3) is 0 Å². The zero-order valence-electron chi connectivity index (χ0n) is 11.7. The van der Waals surface area contributed by atoms with Crippen LogP contribution in [0.5, 0.6) is 23.0 Å². The number of ketones is 1. The van der Waals surface area contributed by atoms with E-state index < -0.39 is 17.7 Å². The van der Waals surface area contributed by atoms with Crippen molar-refractivity contribution >= 4 is 5.78 Å². The highest BCUT2D eigenvalue weighted by molar-refractivity contribution is 6.02. The minimum Gasteiger partial charge on any atom is -0.507 e. The third kappa shape index (κ3) is 2.32. The van der Waals surface area contributed by atoms with Gasteiger partial charge in [0.1, 0.15) is 29.0 Å². The highest BCUT2D eigenvalue weighted by Crippen LogP contribution is 2.41. The van der Waals surface area contributed by atoms with Crippen LogP contribution in [0.15, 0.2) is 30.3 Å². The molecule has 0 radical (unpaired) electrons. The van der Waals surface area contributed by atoms with E-state index in [2.05, 4.69) is 0 Å². The minimum absolute atomic E-state index is 0.00550. The van der Waals surface area contributed by atoms with E-state index in [1.54, 1.807) is 12.1 Å². The molecule has 0 aromatic heterocycles. The molecular formula is C16H13FO5. The van der Waals surface area contributed by atoms with Gasteiger partial charge in [-0.2, -0.15) is 0 Å². The molecule has 1 aliphatic heterocycles. The maximum Gasteiger partial charge on any atom is 0.174 e. The van der Waals surface area contributed by atoms with Crippen LogP contribution in [0.4, 0.5) is 4.39 Å². The summed E-state index contributed by atoms with van der Waals surface area (Å²) in [6, 6.07) is 6.57. The summed E-state index contributed by atoms with van der Waals surface area (Å²) in [7, 11) is 1.43. The van der Waals surface area contributed by atoms with Crippen molar-refractivity contribution in [3.8, 4) is 23.0 Å². The van der Waals surface area contributed by atoms with Gasteiger partial charge in [0.05, 0.1) is 13.5 Å². The van der Waals surface area contributed by atoms with Crippen molar-refractivity contribution in [2.75, 3.05) is 7.11 Å². The Morgan fingerprint density at radius 3 is 2.68 bits per heavy atom. The molecule has 1 unspecified atom stereocenters. The Kier molecular flexibility index (Phi) is 3.36. The molecule has 1 atom stereocenters. The lowest BCUT2D eigenvalue weighted by atomic mass is 9.95. The lowest BCUT2D eigenvalue weighted by molar-refractivity contribution is 0.0844. The minimum atomic E-state index is -0.692. The average molecular weight is 304 g/mol. The highest BCUT2D eigenvalue weighted by atomic mass is 19.1. The van der Waals surface area contributed by atoms with Crippen molar-refractivity contribution in [1.82, 2.24) is 0 Å². The second-order valence-corrected chi connectivity index (χ2v) is 4.96. The number of Topliss-reactive ketones (excluding diaryl/α,β-unsaturated/α-hetero) is 1. The number of fused-ring (bicyclic) bond motifs is 1. The first-order valence-corrected chi connectivity index (χ1v) is 6.59. The summed E-state index contributed by atoms with van der Waals surface area (Å²) >= 11 is 0. The van der Waals surface area contributed by atoms with Gasteiger partial charge in [-0.1, -0.05) is 6.07 Å². The third-order valence-electron chi connectivity index (χ3n) is 3.54. The van der Waals surface area contributed by atoms with Gasteiger partial charge in [-0.3, -0.25) is 4.79 Å². The summed E-state index contributed by atoms with van der Waals surface area (Å²) in [5.41, 5.74) is 0.538. The van der Waals surface area contributed by atoms with Crippen LogP contribution in [0.25, 0.3) is 0 Å². The van der Waals surface area contributed by atoms with E-state index in [0.29, 0.717) is 11.3 Å². The fraction of sp³-hybridized carbons (Fsp3) is 0.188. The van der Waals surface area contributed by atoms with E-state index in [0.717, 1.165) is 12.1 Å². The van der Waals surface area contributed by atoms with E-state index in [1.165, 1.54) is 13.2 Å². The largest absolute Gasteiger partial charge is 0.507 e. The first kappa shape index (κ1) is 14.2. The first-order valence-electron chi connectivity index (χ1n) is 6.59. The van der Waals surface area contributed by atoms with Crippen molar-refractivity contribution in [3.63, 3.8) is 0 Å². The number of hydrogen-bond acceptors (Lipinski definition) is 5. The lowest BCUT2D eigenvalue weighted by Crippen LogP contribution is -2.20. The molecule has 0 fully saturated rings. The maximum absolute atomic E-state index is 13.4. The van der Waals surface area contributed by atoms with Crippen LogP contribution in [0.3, 0.4) is 0 Å². The van der Waals surface area contributed by atoms with Crippen molar-refractivity contribution in [2.45, 2.75) is 12.5 Å². The van der Waals surface area contributed by atoms with Gasteiger partial charge in [0, 0.05) is 12.1 Å². The zero-order chi connectivity index (χ0) is 15.9. The van der Waals surface area contributed by atoms with Gasteiger partial charge in [0.15, 0.2) is 17.3 Å². The predicted octanol–water partition coefficient (Wildman–Crippen LogP) is 2.95. The van der Waals surface area contributed by atoms with Gasteiger partial charge in [-0.15, -0.1) is 0 Å². The summed E-state index contributed by atoms with van der Waals surface area (Å²) in [5.74, 6) is -1.26. The van der Waals surface area contributed by atoms with Gasteiger partial charge in [-0.05, 0) is 17.7 Å². The van der Waals surface area contributed by atoms with Crippen molar-refractivity contribution in [3.05, 3.63) is 47.3 Å². The highest BCUT2D eigenvalue weighted by Gasteiger charge is 2.31. The molecule has 0 saturated carbocycles. The van der Waals surface area contributed by atoms with E-state index in [-0.39, 0.29) is 29.3 Å². The fourth-order valence-electron chi connectivity index (χ4n) is 2.50. The molecule has 2 N–H and O–H groups in total. The molecule has 2 aromatic rings. The van der Waals surface area contributed by atoms with Crippen LogP contribution in [-0.2, 0) is 0 Å². The normalized spacial score (nSPS) is 16.8. The molecule has 0 spiro atoms. The standard InChI is InChI=1S/C16H13FO5/c1-21-13-3-2-8(4-10(13)18)14-7-12(20)16-11(19)5-9(17)6-15(16)22-14/h2-6,14,18-19H,7H2,1H3. The smallest absolute Gasteiger partial charge is 0.174 e. The van der Waals surface area contributed by atoms with E-state index in [1.807, 2.05) is 0 Å². The van der Waals surface area contributed by atoms with Crippen LogP contribution in [0, 0.1) is 5.82 Å². The molecule has 1 heterocycles. The molecule has 5 nitrogen and oxygen atoms in total. The molecular weight excluding hydrogens is 291 g/mol. The van der Waals surface area contributed by atoms with Crippen molar-refractivity contribution in [1.29, 1.82) is 0 Å². The number of phenols is 2. The number of methoxy groups -OCH3 is 1. The molecule has 22 heavy (non-hydrogen) atoms. The number of phenolic OH excluding ortho intramolecular Hbond substituents is 2. The number of rotatable bonds is 2. The molecule has 0 aliphatic carbocycles. The summed E-state index contributed by atoms with van der Waals surface area (Å²) in [4.78, 5) is 12.2. The Bertz CT molecular complexity index is 756. The molecule has 1 aliphatic rings. The number of carbonyl (C=O) groups is 1. The van der Waals surface area contributed by atoms with Gasteiger partial charge in [-0.25, -0.2) is 4.39 Å². The van der Waals surface area contributed by atoms with Crippen LogP contribution >= 0.6 is 0 Å². The summed E-state index contributed by atoms with van der Waals surface area (Å²) in [5, 5.41) is 19.5. The van der Waals surface area contributed by atoms with Gasteiger partial charge < -0.3 is 19.7 Å². The Hall–Kier alpha value is -2.76. The number of halogens is 1. The number of hydrogen-bond donors (Lipinski definition) is 2. The Labute approximate surface area is 125 Å². The Morgan fingerprint density at radius 2 is 2.00 bits per heavy atom. The molecule has 114 valence electrons. The van der Waals surface area contributed by atoms with Crippen LogP contribution in [0.1, 0.15) is 28.4 Å². The molecule has 0 bridgehead atoms. The molecule has 3 rings (SSSR count). The summed E-state index contributed by atoms with van der Waals surface area (Å²) in [6.07, 6.45) is -0.684. The monoisotopic (exact) mass is 304 g/mol. The first-order chi connectivity index (χ1) is 10.5. The summed E-state index contributed by atoms with van der Waals surface area (Å²) in [6.45, 7) is 0. The zero-order valence-corrected chi connectivity index (χ0v) is 11.7. The van der Waals surface area contributed by atoms with Crippen LogP contribution < -0.4 is 9.47 Å². The SMILES string of the molecule is COc1ccc(C2CC(=O)c3c(O)cc(F)cc3O2)cc1O. The van der Waals surface area contributed by atoms with Gasteiger partial charge >= 0.3 is 0 Å². The van der Waals surface area contributed by atoms with Crippen LogP contribution in [-0.4, -0.2) is 23.1 Å². The Morgan fingerprint density at radius 1 is 1.23 bits per heavy atom. The molecule has 0 amide bonds. The number of benzene rings is 2. The molecule has 6 heteroatoms. The topological polar surface area (TPSA) is 76.0 Å². The fourth-order valence-corrected chi connectivity index (χ4v) is 2.50. The second kappa shape index (κ2) is 5.22. The number of carbonyl (C=O) groups excluding carboxylic acids is 1. The average Bonchev–Trinajstić information content (AvgIpc) is 2.45. The number of aromatic hydroxyl groups is 2. The number of ether oxygens (including phenoxy) is 2. The molecule has 2 aromatic carbocycles. The maximum atomic E-state index is 13.4. The second-order valence-electron chi connectivity index (χ2n) is 4.96. The van der Waals surface area contributed by atoms with E-state index in [9.17, 15) is 19.4 Å². The van der Waals surface area contributed by atoms with E-state index >= 15 is 0 Å². The predicted molar refractivity (Wildman–Crippen MR) is 75.0 cm³/mol. The molecule has 0 saturated heterocycles. The quantitative estimate of drug-likeness (QED) is 0.892. The van der Waals surface area contributed by atoms with Crippen molar-refractivity contribution < 1.29 is 28.9 Å². The lowest BCUT2D eigenvalue weighted by Gasteiger charge is -2.26. The third-order valence-corrected chi connectivity index (χ3v) is 3.54. The van der Waals surface area contributed by atoms with Crippen LogP contribution in [0.2, 0.25) is 0 Å².